The first-order valence-electron chi connectivity index (χ1n) is 7.56. The van der Waals surface area contributed by atoms with Crippen LogP contribution in [0.3, 0.4) is 0 Å². The Balaban J connectivity index is 1.69. The molecule has 12 heteroatoms. The molecule has 6 nitrogen and oxygen atoms in total. The molecular formula is C16H11ClF3N3O3S2. The van der Waals surface area contributed by atoms with E-state index in [0.29, 0.717) is 16.5 Å². The number of sulfonamides is 1. The molecule has 3 aromatic rings. The van der Waals surface area contributed by atoms with Gasteiger partial charge in [0.15, 0.2) is 0 Å². The highest BCUT2D eigenvalue weighted by Crippen LogP contribution is 2.26. The predicted octanol–water partition coefficient (Wildman–Crippen LogP) is 4.48. The van der Waals surface area contributed by atoms with Crippen LogP contribution in [0, 0.1) is 0 Å². The maximum atomic E-state index is 12.4. The van der Waals surface area contributed by atoms with Crippen LogP contribution in [0.1, 0.15) is 10.6 Å². The summed E-state index contributed by atoms with van der Waals surface area (Å²) in [7, 11) is -4.04. The molecule has 28 heavy (non-hydrogen) atoms. The summed E-state index contributed by atoms with van der Waals surface area (Å²) < 4.78 is 67.2. The normalized spacial score (nSPS) is 12.0. The largest absolute Gasteiger partial charge is 0.573 e. The van der Waals surface area contributed by atoms with Crippen LogP contribution in [0.15, 0.2) is 53.4 Å². The monoisotopic (exact) mass is 449 g/mol. The van der Waals surface area contributed by atoms with Crippen molar-refractivity contribution in [3.8, 4) is 5.75 Å². The van der Waals surface area contributed by atoms with Gasteiger partial charge in [-0.1, -0.05) is 35.1 Å². The molecule has 0 saturated heterocycles. The second-order valence-electron chi connectivity index (χ2n) is 5.43. The number of ether oxygens (including phenoxy) is 1. The molecule has 1 N–H and O–H groups in total. The summed E-state index contributed by atoms with van der Waals surface area (Å²) in [6.07, 6.45) is -4.41. The lowest BCUT2D eigenvalue weighted by Gasteiger charge is -2.09. The van der Waals surface area contributed by atoms with E-state index in [1.807, 2.05) is 12.1 Å². The SMILES string of the molecule is O=S(=O)(Nc1nnc(Cc2ccc(Cl)cc2)s1)c1ccc(OC(F)(F)F)cc1. The van der Waals surface area contributed by atoms with Gasteiger partial charge in [0, 0.05) is 11.4 Å². The molecule has 0 saturated carbocycles. The second-order valence-corrected chi connectivity index (χ2v) is 8.61. The van der Waals surface area contributed by atoms with Crippen molar-refractivity contribution in [3.63, 3.8) is 0 Å². The number of nitrogens with one attached hydrogen (secondary N) is 1. The summed E-state index contributed by atoms with van der Waals surface area (Å²) in [6.45, 7) is 0. The predicted molar refractivity (Wildman–Crippen MR) is 98.1 cm³/mol. The Morgan fingerprint density at radius 1 is 1.04 bits per heavy atom. The lowest BCUT2D eigenvalue weighted by atomic mass is 10.2. The zero-order valence-corrected chi connectivity index (χ0v) is 16.2. The number of hydrogen-bond donors (Lipinski definition) is 1. The van der Waals surface area contributed by atoms with Crippen molar-refractivity contribution in [2.75, 3.05) is 4.72 Å². The number of anilines is 1. The molecule has 148 valence electrons. The molecule has 0 aliphatic carbocycles. The molecule has 2 aromatic carbocycles. The third kappa shape index (κ3) is 5.57. The van der Waals surface area contributed by atoms with Crippen LogP contribution in [0.5, 0.6) is 5.75 Å². The van der Waals surface area contributed by atoms with Gasteiger partial charge in [0.25, 0.3) is 10.0 Å². The quantitative estimate of drug-likeness (QED) is 0.600. The minimum absolute atomic E-state index is 0.0413. The molecule has 0 aliphatic heterocycles. The lowest BCUT2D eigenvalue weighted by Crippen LogP contribution is -2.17. The van der Waals surface area contributed by atoms with Gasteiger partial charge in [0.05, 0.1) is 4.90 Å². The minimum Gasteiger partial charge on any atom is -0.406 e. The fourth-order valence-electron chi connectivity index (χ4n) is 2.14. The van der Waals surface area contributed by atoms with E-state index in [2.05, 4.69) is 19.7 Å². The van der Waals surface area contributed by atoms with Crippen LogP contribution in [0.25, 0.3) is 0 Å². The summed E-state index contributed by atoms with van der Waals surface area (Å²) in [5.74, 6) is -0.521. The Bertz CT molecular complexity index is 1050. The van der Waals surface area contributed by atoms with Gasteiger partial charge in [-0.2, -0.15) is 0 Å². The first kappa shape index (κ1) is 20.4. The Labute approximate surface area is 167 Å². The standard InChI is InChI=1S/C16H11ClF3N3O3S2/c17-11-3-1-10(2-4-11)9-14-21-22-15(27-14)23-28(24,25)13-7-5-12(6-8-13)26-16(18,19)20/h1-8H,9H2,(H,22,23). The molecule has 0 radical (unpaired) electrons. The van der Waals surface area contributed by atoms with Crippen LogP contribution in [-0.4, -0.2) is 25.0 Å². The summed E-state index contributed by atoms with van der Waals surface area (Å²) in [5, 5.41) is 8.93. The third-order valence-corrected chi connectivity index (χ3v) is 5.90. The average molecular weight is 450 g/mol. The topological polar surface area (TPSA) is 81.2 Å². The number of aromatic nitrogens is 2. The van der Waals surface area contributed by atoms with Crippen LogP contribution in [0.2, 0.25) is 5.02 Å². The van der Waals surface area contributed by atoms with Crippen molar-refractivity contribution < 1.29 is 26.3 Å². The van der Waals surface area contributed by atoms with E-state index in [-0.39, 0.29) is 10.0 Å². The highest BCUT2D eigenvalue weighted by molar-refractivity contribution is 7.93. The number of benzene rings is 2. The average Bonchev–Trinajstić information content (AvgIpc) is 3.02. The van der Waals surface area contributed by atoms with Gasteiger partial charge in [0.1, 0.15) is 10.8 Å². The van der Waals surface area contributed by atoms with Crippen molar-refractivity contribution >= 4 is 38.1 Å². The van der Waals surface area contributed by atoms with Crippen molar-refractivity contribution in [1.29, 1.82) is 0 Å². The molecule has 0 unspecified atom stereocenters. The van der Waals surface area contributed by atoms with Crippen molar-refractivity contribution in [2.45, 2.75) is 17.7 Å². The smallest absolute Gasteiger partial charge is 0.406 e. The van der Waals surface area contributed by atoms with E-state index >= 15 is 0 Å². The molecular weight excluding hydrogens is 439 g/mol. The van der Waals surface area contributed by atoms with Gasteiger partial charge in [-0.3, -0.25) is 4.72 Å². The summed E-state index contributed by atoms with van der Waals surface area (Å²) in [5.41, 5.74) is 0.926. The van der Waals surface area contributed by atoms with Crippen LogP contribution in [0.4, 0.5) is 18.3 Å². The molecule has 0 bridgehead atoms. The van der Waals surface area contributed by atoms with Gasteiger partial charge in [-0.05, 0) is 42.0 Å². The van der Waals surface area contributed by atoms with Crippen LogP contribution in [-0.2, 0) is 16.4 Å². The van der Waals surface area contributed by atoms with Gasteiger partial charge in [-0.25, -0.2) is 8.42 Å². The van der Waals surface area contributed by atoms with E-state index in [1.165, 1.54) is 0 Å². The van der Waals surface area contributed by atoms with Gasteiger partial charge < -0.3 is 4.74 Å². The van der Waals surface area contributed by atoms with Crippen LogP contribution >= 0.6 is 22.9 Å². The first-order valence-corrected chi connectivity index (χ1v) is 10.2. The highest BCUT2D eigenvalue weighted by atomic mass is 35.5. The first-order chi connectivity index (χ1) is 13.1. The fourth-order valence-corrected chi connectivity index (χ4v) is 4.27. The molecule has 0 atom stereocenters. The number of hydrogen-bond acceptors (Lipinski definition) is 6. The fraction of sp³-hybridized carbons (Fsp3) is 0.125. The number of halogens is 4. The highest BCUT2D eigenvalue weighted by Gasteiger charge is 2.31. The molecule has 0 amide bonds. The third-order valence-electron chi connectivity index (χ3n) is 3.32. The Morgan fingerprint density at radius 3 is 2.29 bits per heavy atom. The molecule has 3 rings (SSSR count). The lowest BCUT2D eigenvalue weighted by molar-refractivity contribution is -0.274. The molecule has 0 aliphatic rings. The summed E-state index contributed by atoms with van der Waals surface area (Å²) >= 11 is 6.87. The van der Waals surface area contributed by atoms with E-state index in [1.54, 1.807) is 12.1 Å². The Hall–Kier alpha value is -2.37. The number of alkyl halides is 3. The zero-order valence-electron chi connectivity index (χ0n) is 13.8. The van der Waals surface area contributed by atoms with E-state index in [0.717, 1.165) is 41.2 Å². The summed E-state index contributed by atoms with van der Waals surface area (Å²) in [4.78, 5) is -0.239. The number of nitrogens with zero attached hydrogens (tertiary/aromatic N) is 2. The molecule has 0 fully saturated rings. The van der Waals surface area contributed by atoms with E-state index < -0.39 is 22.1 Å². The van der Waals surface area contributed by atoms with E-state index in [4.69, 9.17) is 11.6 Å². The van der Waals surface area contributed by atoms with Crippen molar-refractivity contribution in [1.82, 2.24) is 10.2 Å². The van der Waals surface area contributed by atoms with E-state index in [9.17, 15) is 21.6 Å². The molecule has 1 aromatic heterocycles. The molecule has 0 spiro atoms. The van der Waals surface area contributed by atoms with Crippen molar-refractivity contribution in [2.24, 2.45) is 0 Å². The summed E-state index contributed by atoms with van der Waals surface area (Å²) in [6, 6.07) is 10.9. The second kappa shape index (κ2) is 7.94. The van der Waals surface area contributed by atoms with Gasteiger partial charge in [0.2, 0.25) is 5.13 Å². The zero-order chi connectivity index (χ0) is 20.4. The number of rotatable bonds is 6. The minimum atomic E-state index is -4.86. The maximum Gasteiger partial charge on any atom is 0.573 e. The Kier molecular flexibility index (Phi) is 5.77. The maximum absolute atomic E-state index is 12.4. The van der Waals surface area contributed by atoms with Gasteiger partial charge in [-0.15, -0.1) is 23.4 Å². The van der Waals surface area contributed by atoms with Crippen molar-refractivity contribution in [3.05, 3.63) is 64.1 Å². The van der Waals surface area contributed by atoms with Crippen LogP contribution < -0.4 is 9.46 Å². The Morgan fingerprint density at radius 2 is 1.68 bits per heavy atom. The van der Waals surface area contributed by atoms with Gasteiger partial charge >= 0.3 is 6.36 Å². The molecule has 1 heterocycles.